The van der Waals surface area contributed by atoms with Crippen LogP contribution in [0.4, 0.5) is 0 Å². The van der Waals surface area contributed by atoms with Gasteiger partial charge in [0.05, 0.1) is 55.2 Å². The highest BCUT2D eigenvalue weighted by Crippen LogP contribution is 2.41. The number of allylic oxidation sites excluding steroid dienone is 4. The van der Waals surface area contributed by atoms with Crippen LogP contribution in [0.5, 0.6) is 0 Å². The Morgan fingerprint density at radius 2 is 0.897 bits per heavy atom. The van der Waals surface area contributed by atoms with Crippen molar-refractivity contribution in [2.75, 3.05) is 19.6 Å². The summed E-state index contributed by atoms with van der Waals surface area (Å²) in [6.07, 6.45) is 7.36. The van der Waals surface area contributed by atoms with Crippen LogP contribution in [0.3, 0.4) is 0 Å². The van der Waals surface area contributed by atoms with Gasteiger partial charge in [-0.3, -0.25) is 14.4 Å². The van der Waals surface area contributed by atoms with E-state index in [-0.39, 0.29) is 122 Å². The average molecular weight is 1370 g/mol. The number of β-amino-alcohol motifs (C(OH)–C–C–N with tert-alkyl or cyclic N) is 2. The van der Waals surface area contributed by atoms with Crippen LogP contribution in [0, 0.1) is 78.8 Å². The lowest BCUT2D eigenvalue weighted by molar-refractivity contribution is -0.127. The number of rotatable bonds is 0. The molecule has 8 fully saturated rings. The molecule has 14 N–H and O–H groups in total. The summed E-state index contributed by atoms with van der Waals surface area (Å²) < 4.78 is 0. The fourth-order valence-corrected chi connectivity index (χ4v) is 14.2. The molecule has 7 saturated heterocycles. The summed E-state index contributed by atoms with van der Waals surface area (Å²) in [6.45, 7) is 80.6. The van der Waals surface area contributed by atoms with E-state index in [4.69, 9.17) is 0 Å². The lowest BCUT2D eigenvalue weighted by atomic mass is 9.70. The standard InChI is InChI=1S/C10H17NO2.3C10H19NO.C10H17NO.2C10H19NO.C10H18O2/c1-6-9(10(2,3)4)7(12)5-8(13)11-6;1-7-9(10(2,3)4)5-8(12)6-11-7;1-7-5-8(10(2,3)4)9(12)6-11-7;1-7-5-8(12)6-9(11-7)10(2,3)4;1-7-5-8(10(2,3)4)6-9(12)11-7;1-7-9(10(2,3)4)8(12)5-6-11-7;1-7-5-6-8(12)9(11-7)10(2,3)4;1-10(2,3)8-5-4-7(11)6-9(8)12/h7,9,12H,1,5H2,2-4H3,(H,11,13);3*8-9,11-12H,1,5-6H2,2-4H3;8H,1,5-6H2,2-4H3,(H,11,12);2*8-9,11-12H,1,5-6H2,2-4H3;8-9,12H,4-6H2,1-3H3. The van der Waals surface area contributed by atoms with Crippen LogP contribution in [0.1, 0.15) is 250 Å². The summed E-state index contributed by atoms with van der Waals surface area (Å²) in [6, 6.07) is 0.507. The maximum Gasteiger partial charge on any atom is 0.226 e. The van der Waals surface area contributed by atoms with Gasteiger partial charge in [0.1, 0.15) is 5.78 Å². The molecule has 0 aromatic heterocycles. The Morgan fingerprint density at radius 3 is 1.30 bits per heavy atom. The number of amides is 2. The van der Waals surface area contributed by atoms with Gasteiger partial charge >= 0.3 is 0 Å². The van der Waals surface area contributed by atoms with Crippen molar-refractivity contribution in [3.05, 3.63) is 85.9 Å². The molecule has 17 heteroatoms. The smallest absolute Gasteiger partial charge is 0.226 e. The zero-order chi connectivity index (χ0) is 75.7. The molecule has 0 spiro atoms. The van der Waals surface area contributed by atoms with Crippen LogP contribution in [0.15, 0.2) is 85.9 Å². The van der Waals surface area contributed by atoms with E-state index in [0.29, 0.717) is 68.3 Å². The van der Waals surface area contributed by atoms with E-state index in [2.05, 4.69) is 229 Å². The average Bonchev–Trinajstić information content (AvgIpc) is 0.945. The van der Waals surface area contributed by atoms with E-state index in [1.165, 1.54) is 0 Å². The van der Waals surface area contributed by atoms with Crippen molar-refractivity contribution in [2.24, 2.45) is 78.8 Å². The van der Waals surface area contributed by atoms with Gasteiger partial charge in [0.25, 0.3) is 0 Å². The number of aliphatic hydroxyl groups is 7. The maximum atomic E-state index is 11.2. The van der Waals surface area contributed by atoms with E-state index < -0.39 is 12.2 Å². The van der Waals surface area contributed by atoms with Gasteiger partial charge in [-0.1, -0.05) is 212 Å². The molecule has 1 saturated carbocycles. The molecular weight excluding hydrogens is 1220 g/mol. The van der Waals surface area contributed by atoms with Gasteiger partial charge in [-0.25, -0.2) is 0 Å². The monoisotopic (exact) mass is 1370 g/mol. The summed E-state index contributed by atoms with van der Waals surface area (Å²) in [5, 5.41) is 89.0. The molecule has 7 heterocycles. The number of Topliss-reactive ketones (excluding diaryl/α,β-unsaturated/α-hetero) is 1. The highest BCUT2D eigenvalue weighted by Gasteiger charge is 2.41. The fraction of sp³-hybridized carbons (Fsp3) is 0.787. The van der Waals surface area contributed by atoms with E-state index in [0.717, 1.165) is 92.1 Å². The molecule has 0 bridgehead atoms. The number of carbonyl (C=O) groups excluding carboxylic acids is 3. The molecule has 15 unspecified atom stereocenters. The molecule has 8 aliphatic rings. The molecule has 1 aliphatic carbocycles. The number of ketones is 1. The fourth-order valence-electron chi connectivity index (χ4n) is 14.2. The molecule has 97 heavy (non-hydrogen) atoms. The van der Waals surface area contributed by atoms with Gasteiger partial charge in [0.15, 0.2) is 0 Å². The summed E-state index contributed by atoms with van der Waals surface area (Å²) in [4.78, 5) is 33.2. The molecule has 0 aromatic carbocycles. The van der Waals surface area contributed by atoms with Gasteiger partial charge in [-0.2, -0.15) is 0 Å². The second-order valence-electron chi connectivity index (χ2n) is 37.7. The lowest BCUT2D eigenvalue weighted by Crippen LogP contribution is -2.51. The Hall–Kier alpha value is -4.49. The van der Waals surface area contributed by atoms with E-state index in [1.54, 1.807) is 0 Å². The van der Waals surface area contributed by atoms with Crippen LogP contribution < -0.4 is 37.2 Å². The largest absolute Gasteiger partial charge is 0.393 e. The van der Waals surface area contributed by atoms with E-state index in [9.17, 15) is 50.1 Å². The summed E-state index contributed by atoms with van der Waals surface area (Å²) >= 11 is 0. The first-order chi connectivity index (χ1) is 43.7. The third kappa shape index (κ3) is 32.8. The molecule has 7 aliphatic heterocycles. The van der Waals surface area contributed by atoms with Crippen molar-refractivity contribution in [3.63, 3.8) is 0 Å². The Kier molecular flexibility index (Phi) is 34.9. The van der Waals surface area contributed by atoms with Crippen LogP contribution in [-0.2, 0) is 14.4 Å². The number of nitrogens with one attached hydrogen (secondary N) is 7. The van der Waals surface area contributed by atoms with E-state index in [1.807, 2.05) is 20.8 Å². The lowest BCUT2D eigenvalue weighted by Gasteiger charge is -2.39. The predicted molar refractivity (Wildman–Crippen MR) is 402 cm³/mol. The maximum absolute atomic E-state index is 11.2. The Labute approximate surface area is 591 Å². The third-order valence-corrected chi connectivity index (χ3v) is 20.1. The van der Waals surface area contributed by atoms with Gasteiger partial charge in [0, 0.05) is 109 Å². The van der Waals surface area contributed by atoms with Crippen LogP contribution >= 0.6 is 0 Å². The highest BCUT2D eigenvalue weighted by molar-refractivity contribution is 5.80. The quantitative estimate of drug-likeness (QED) is 0.107. The highest BCUT2D eigenvalue weighted by atomic mass is 16.3. The molecule has 8 rings (SSSR count). The van der Waals surface area contributed by atoms with Crippen molar-refractivity contribution in [2.45, 2.75) is 304 Å². The topological polar surface area (TPSA) is 277 Å². The molecule has 562 valence electrons. The van der Waals surface area contributed by atoms with Crippen molar-refractivity contribution < 1.29 is 50.1 Å². The SMILES string of the molecule is C=C1CC(C(C)(C)C)C(O)CN1.C=C1CC(C(C)(C)C)CC(=O)N1.C=C1CC(O)CC(C(C)(C)C)N1.C=C1CCC(O)C(C(C)(C)C)N1.C=C1NC(=O)CC(O)C1C(C)(C)C.C=C1NCC(O)CC1C(C)(C)C.C=C1NCCC(O)C1C(C)(C)C.CC(C)(C)C1CCC(=O)CC1O. The predicted octanol–water partition coefficient (Wildman–Crippen LogP) is 12.7. The minimum absolute atomic E-state index is 0.0507. The zero-order valence-corrected chi connectivity index (χ0v) is 65.8. The number of piperidine rings is 7. The minimum Gasteiger partial charge on any atom is -0.393 e. The Bertz CT molecular complexity index is 2530. The van der Waals surface area contributed by atoms with Crippen LogP contribution in [0.2, 0.25) is 0 Å². The van der Waals surface area contributed by atoms with Gasteiger partial charge in [-0.15, -0.1) is 0 Å². The van der Waals surface area contributed by atoms with Crippen molar-refractivity contribution in [1.82, 2.24) is 37.2 Å². The number of hydrogen-bond acceptors (Lipinski definition) is 15. The number of hydrogen-bond donors (Lipinski definition) is 14. The molecule has 0 aromatic rings. The second-order valence-corrected chi connectivity index (χ2v) is 37.7. The van der Waals surface area contributed by atoms with E-state index >= 15 is 0 Å². The van der Waals surface area contributed by atoms with Gasteiger partial charge < -0.3 is 73.0 Å². The Balaban J connectivity index is 0.000000554. The summed E-state index contributed by atoms with van der Waals surface area (Å²) in [5.41, 5.74) is 7.68. The van der Waals surface area contributed by atoms with Crippen molar-refractivity contribution in [1.29, 1.82) is 0 Å². The molecule has 2 amide bonds. The zero-order valence-electron chi connectivity index (χ0n) is 65.8. The van der Waals surface area contributed by atoms with Gasteiger partial charge in [0.2, 0.25) is 11.8 Å². The third-order valence-electron chi connectivity index (χ3n) is 20.1. The Morgan fingerprint density at radius 1 is 0.361 bits per heavy atom. The first kappa shape index (κ1) is 90.5. The first-order valence-corrected chi connectivity index (χ1v) is 36.1. The molecule has 17 nitrogen and oxygen atoms in total. The van der Waals surface area contributed by atoms with Crippen molar-refractivity contribution >= 4 is 17.6 Å². The van der Waals surface area contributed by atoms with Crippen LogP contribution in [-0.4, -0.2) is 128 Å². The summed E-state index contributed by atoms with van der Waals surface area (Å²) in [7, 11) is 0. The molecule has 0 radical (unpaired) electrons. The van der Waals surface area contributed by atoms with Crippen LogP contribution in [0.25, 0.3) is 0 Å². The number of carbonyl (C=O) groups is 3. The molecule has 15 atom stereocenters. The minimum atomic E-state index is -0.596. The normalized spacial score (nSPS) is 30.6. The van der Waals surface area contributed by atoms with Gasteiger partial charge in [-0.05, 0) is 112 Å². The van der Waals surface area contributed by atoms with Crippen molar-refractivity contribution in [3.8, 4) is 0 Å². The summed E-state index contributed by atoms with van der Waals surface area (Å²) in [5.74, 6) is 1.78. The first-order valence-electron chi connectivity index (χ1n) is 36.1. The molecular formula is C80H147N7O10. The number of aliphatic hydroxyl groups excluding tert-OH is 7. The second kappa shape index (κ2) is 37.4.